The Kier molecular flexibility index (Phi) is 11.3. The number of benzene rings is 2. The van der Waals surface area contributed by atoms with Crippen molar-refractivity contribution in [2.75, 3.05) is 37.5 Å². The van der Waals surface area contributed by atoms with Gasteiger partial charge in [0, 0.05) is 50.7 Å². The molecule has 4 amide bonds. The van der Waals surface area contributed by atoms with Crippen LogP contribution < -0.4 is 15.5 Å². The number of thiazole rings is 1. The summed E-state index contributed by atoms with van der Waals surface area (Å²) in [6, 6.07) is 14.9. The summed E-state index contributed by atoms with van der Waals surface area (Å²) in [6.07, 6.45) is 0.651. The van der Waals surface area contributed by atoms with Gasteiger partial charge in [-0.15, -0.1) is 11.3 Å². The molecule has 2 unspecified atom stereocenters. The van der Waals surface area contributed by atoms with Crippen LogP contribution in [0.3, 0.4) is 0 Å². The number of aromatic nitrogens is 1. The first-order valence-electron chi connectivity index (χ1n) is 12.9. The van der Waals surface area contributed by atoms with Crippen molar-refractivity contribution in [3.05, 3.63) is 76.8 Å². The van der Waals surface area contributed by atoms with E-state index in [-0.39, 0.29) is 29.6 Å². The summed E-state index contributed by atoms with van der Waals surface area (Å²) >= 11 is 1.11. The second kappa shape index (κ2) is 14.9. The number of ketones is 1. The van der Waals surface area contributed by atoms with Gasteiger partial charge < -0.3 is 20.3 Å². The maximum Gasteiger partial charge on any atom is 0.324 e. The number of hydrogen-bond acceptors (Lipinski definition) is 8. The number of nitrogens with zero attached hydrogens (tertiary/aromatic N) is 3. The highest BCUT2D eigenvalue weighted by Crippen LogP contribution is 2.25. The zero-order valence-corrected chi connectivity index (χ0v) is 23.9. The lowest BCUT2D eigenvalue weighted by Gasteiger charge is -2.30. The number of rotatable bonds is 14. The second-order valence-corrected chi connectivity index (χ2v) is 10.1. The van der Waals surface area contributed by atoms with E-state index in [9.17, 15) is 19.2 Å². The second-order valence-electron chi connectivity index (χ2n) is 9.20. The summed E-state index contributed by atoms with van der Waals surface area (Å²) in [6.45, 7) is 5.01. The van der Waals surface area contributed by atoms with Crippen LogP contribution in [0.2, 0.25) is 0 Å². The SMILES string of the molecule is CCC(=O)c1csc(NC(=O)C(C(C)c2ccccc2)N(C=O)C(=O)NCc2ccc(N(C)CCOC)cc2)n1. The molecule has 2 N–H and O–H groups in total. The van der Waals surface area contributed by atoms with Gasteiger partial charge in [0.1, 0.15) is 11.7 Å². The molecule has 1 heterocycles. The molecule has 2 aromatic carbocycles. The van der Waals surface area contributed by atoms with Gasteiger partial charge in [0.15, 0.2) is 10.9 Å². The van der Waals surface area contributed by atoms with Crippen molar-refractivity contribution in [1.82, 2.24) is 15.2 Å². The Bertz CT molecular complexity index is 1280. The molecule has 40 heavy (non-hydrogen) atoms. The van der Waals surface area contributed by atoms with Crippen LogP contribution in [0.25, 0.3) is 0 Å². The van der Waals surface area contributed by atoms with E-state index < -0.39 is 23.9 Å². The van der Waals surface area contributed by atoms with Gasteiger partial charge in [0.25, 0.3) is 0 Å². The largest absolute Gasteiger partial charge is 0.383 e. The number of carbonyl (C=O) groups excluding carboxylic acids is 4. The third-order valence-corrected chi connectivity index (χ3v) is 7.27. The van der Waals surface area contributed by atoms with Crippen LogP contribution in [0.5, 0.6) is 0 Å². The van der Waals surface area contributed by atoms with E-state index in [0.29, 0.717) is 13.0 Å². The fourth-order valence-corrected chi connectivity index (χ4v) is 4.81. The predicted octanol–water partition coefficient (Wildman–Crippen LogP) is 4.30. The lowest BCUT2D eigenvalue weighted by Crippen LogP contribution is -2.52. The summed E-state index contributed by atoms with van der Waals surface area (Å²) in [4.78, 5) is 58.1. The molecular formula is C29H35N5O5S. The third-order valence-electron chi connectivity index (χ3n) is 6.51. The number of anilines is 2. The van der Waals surface area contributed by atoms with Crippen LogP contribution in [0.15, 0.2) is 60.0 Å². The number of carbonyl (C=O) groups is 4. The molecule has 212 valence electrons. The number of ether oxygens (including phenoxy) is 1. The first kappa shape index (κ1) is 30.5. The summed E-state index contributed by atoms with van der Waals surface area (Å²) in [5.41, 5.74) is 2.87. The number of hydrogen-bond donors (Lipinski definition) is 2. The zero-order chi connectivity index (χ0) is 29.1. The molecule has 1 aromatic heterocycles. The van der Waals surface area contributed by atoms with Crippen molar-refractivity contribution >= 4 is 46.3 Å². The van der Waals surface area contributed by atoms with Crippen molar-refractivity contribution < 1.29 is 23.9 Å². The Hall–Kier alpha value is -4.09. The van der Waals surface area contributed by atoms with Crippen molar-refractivity contribution in [1.29, 1.82) is 0 Å². The van der Waals surface area contributed by atoms with Crippen LogP contribution in [0.1, 0.15) is 47.8 Å². The minimum absolute atomic E-state index is 0.144. The molecule has 0 aliphatic carbocycles. The summed E-state index contributed by atoms with van der Waals surface area (Å²) in [5.74, 6) is -1.27. The number of methoxy groups -OCH3 is 1. The zero-order valence-electron chi connectivity index (χ0n) is 23.1. The monoisotopic (exact) mass is 565 g/mol. The van der Waals surface area contributed by atoms with Gasteiger partial charge in [-0.25, -0.2) is 9.78 Å². The van der Waals surface area contributed by atoms with E-state index in [1.54, 1.807) is 26.3 Å². The Morgan fingerprint density at radius 3 is 2.42 bits per heavy atom. The molecule has 0 saturated carbocycles. The Morgan fingerprint density at radius 2 is 1.80 bits per heavy atom. The molecule has 0 bridgehead atoms. The molecule has 10 nitrogen and oxygen atoms in total. The van der Waals surface area contributed by atoms with E-state index in [1.807, 2.05) is 61.6 Å². The number of urea groups is 1. The standard InChI is InChI=1S/C29H35N5O5S/c1-5-25(36)24-18-40-28(31-24)32-27(37)26(20(2)22-9-7-6-8-10-22)34(19-35)29(38)30-17-21-11-13-23(14-12-21)33(3)15-16-39-4/h6-14,18-20,26H,5,15-17H2,1-4H3,(H,30,38)(H,31,32,37). The molecule has 0 fully saturated rings. The Balaban J connectivity index is 1.76. The van der Waals surface area contributed by atoms with E-state index in [2.05, 4.69) is 20.5 Å². The molecule has 2 atom stereocenters. The molecule has 3 aromatic rings. The molecule has 0 saturated heterocycles. The fraction of sp³-hybridized carbons (Fsp3) is 0.345. The number of likely N-dealkylation sites (N-methyl/N-ethyl adjacent to an activating group) is 1. The van der Waals surface area contributed by atoms with Crippen LogP contribution in [-0.4, -0.2) is 67.4 Å². The summed E-state index contributed by atoms with van der Waals surface area (Å²) < 4.78 is 5.12. The number of imide groups is 1. The first-order valence-corrected chi connectivity index (χ1v) is 13.8. The van der Waals surface area contributed by atoms with Crippen LogP contribution >= 0.6 is 11.3 Å². The predicted molar refractivity (Wildman–Crippen MR) is 156 cm³/mol. The summed E-state index contributed by atoms with van der Waals surface area (Å²) in [5, 5.41) is 7.23. The average Bonchev–Trinajstić information content (AvgIpc) is 3.45. The lowest BCUT2D eigenvalue weighted by molar-refractivity contribution is -0.127. The van der Waals surface area contributed by atoms with Crippen LogP contribution in [-0.2, 0) is 20.9 Å². The van der Waals surface area contributed by atoms with Crippen LogP contribution in [0, 0.1) is 0 Å². The number of nitrogens with one attached hydrogen (secondary N) is 2. The number of Topliss-reactive ketones (excluding diaryl/α,β-unsaturated/α-hetero) is 1. The van der Waals surface area contributed by atoms with Crippen LogP contribution in [0.4, 0.5) is 15.6 Å². The first-order chi connectivity index (χ1) is 19.3. The Morgan fingerprint density at radius 1 is 1.10 bits per heavy atom. The lowest BCUT2D eigenvalue weighted by atomic mass is 9.92. The smallest absolute Gasteiger partial charge is 0.324 e. The molecule has 0 spiro atoms. The van der Waals surface area contributed by atoms with Gasteiger partial charge in [-0.3, -0.25) is 19.3 Å². The minimum Gasteiger partial charge on any atom is -0.383 e. The topological polar surface area (TPSA) is 121 Å². The highest BCUT2D eigenvalue weighted by atomic mass is 32.1. The molecule has 0 aliphatic heterocycles. The molecular weight excluding hydrogens is 530 g/mol. The maximum absolute atomic E-state index is 13.5. The van der Waals surface area contributed by atoms with Gasteiger partial charge in [-0.05, 0) is 23.3 Å². The quantitative estimate of drug-likeness (QED) is 0.221. The van der Waals surface area contributed by atoms with Crippen molar-refractivity contribution in [3.8, 4) is 0 Å². The van der Waals surface area contributed by atoms with E-state index in [0.717, 1.165) is 39.6 Å². The van der Waals surface area contributed by atoms with Gasteiger partial charge in [0.2, 0.25) is 12.3 Å². The Labute approximate surface area is 238 Å². The molecule has 0 radical (unpaired) electrons. The van der Waals surface area contributed by atoms with Crippen molar-refractivity contribution in [3.63, 3.8) is 0 Å². The van der Waals surface area contributed by atoms with Gasteiger partial charge in [0.05, 0.1) is 6.61 Å². The molecule has 0 aliphatic rings. The van der Waals surface area contributed by atoms with E-state index in [4.69, 9.17) is 4.74 Å². The van der Waals surface area contributed by atoms with Gasteiger partial charge in [-0.1, -0.05) is 56.3 Å². The average molecular weight is 566 g/mol. The molecule has 3 rings (SSSR count). The summed E-state index contributed by atoms with van der Waals surface area (Å²) in [7, 11) is 3.62. The third kappa shape index (κ3) is 7.96. The number of amides is 4. The normalized spacial score (nSPS) is 12.2. The van der Waals surface area contributed by atoms with Gasteiger partial charge >= 0.3 is 6.03 Å². The maximum atomic E-state index is 13.5. The van der Waals surface area contributed by atoms with Crippen molar-refractivity contribution in [2.45, 2.75) is 38.8 Å². The highest BCUT2D eigenvalue weighted by Gasteiger charge is 2.36. The molecule has 11 heteroatoms. The van der Waals surface area contributed by atoms with E-state index in [1.165, 1.54) is 0 Å². The highest BCUT2D eigenvalue weighted by molar-refractivity contribution is 7.14. The van der Waals surface area contributed by atoms with E-state index >= 15 is 0 Å². The fourth-order valence-electron chi connectivity index (χ4n) is 4.09. The van der Waals surface area contributed by atoms with Gasteiger partial charge in [-0.2, -0.15) is 0 Å². The minimum atomic E-state index is -1.18. The van der Waals surface area contributed by atoms with Crippen molar-refractivity contribution in [2.24, 2.45) is 0 Å².